The summed E-state index contributed by atoms with van der Waals surface area (Å²) >= 11 is 0. The largest absolute Gasteiger partial charge is 0.416 e. The van der Waals surface area contributed by atoms with Gasteiger partial charge in [0, 0.05) is 26.2 Å². The number of alkyl halides is 3. The second-order valence-electron chi connectivity index (χ2n) is 6.98. The minimum atomic E-state index is -4.49. The Kier molecular flexibility index (Phi) is 6.12. The zero-order chi connectivity index (χ0) is 20.4. The molecule has 152 valence electrons. The van der Waals surface area contributed by atoms with E-state index in [9.17, 15) is 21.6 Å². The number of rotatable bonds is 4. The Bertz CT molecular complexity index is 912. The lowest BCUT2D eigenvalue weighted by molar-refractivity contribution is -0.137. The molecule has 1 fully saturated rings. The minimum Gasteiger partial charge on any atom is -0.298 e. The maximum absolute atomic E-state index is 12.8. The summed E-state index contributed by atoms with van der Waals surface area (Å²) in [5, 5.41) is 0. The molecule has 3 rings (SSSR count). The van der Waals surface area contributed by atoms with Gasteiger partial charge >= 0.3 is 6.18 Å². The van der Waals surface area contributed by atoms with Crippen molar-refractivity contribution in [3.05, 3.63) is 65.2 Å². The van der Waals surface area contributed by atoms with Crippen LogP contribution in [0.1, 0.15) is 23.1 Å². The second-order valence-corrected chi connectivity index (χ2v) is 8.92. The highest BCUT2D eigenvalue weighted by Crippen LogP contribution is 2.30. The maximum atomic E-state index is 12.8. The van der Waals surface area contributed by atoms with Gasteiger partial charge in [-0.25, -0.2) is 8.42 Å². The molecule has 0 saturated carbocycles. The molecule has 8 heteroatoms. The van der Waals surface area contributed by atoms with Gasteiger partial charge in [-0.3, -0.25) is 4.90 Å². The Labute approximate surface area is 163 Å². The highest BCUT2D eigenvalue weighted by Gasteiger charge is 2.32. The van der Waals surface area contributed by atoms with Crippen molar-refractivity contribution >= 4 is 10.0 Å². The van der Waals surface area contributed by atoms with Crippen LogP contribution in [0.15, 0.2) is 53.4 Å². The summed E-state index contributed by atoms with van der Waals surface area (Å²) in [6.45, 7) is 4.82. The van der Waals surface area contributed by atoms with Gasteiger partial charge in [-0.15, -0.1) is 0 Å². The van der Waals surface area contributed by atoms with E-state index in [4.69, 9.17) is 0 Å². The van der Waals surface area contributed by atoms with Crippen molar-refractivity contribution < 1.29 is 21.6 Å². The number of sulfonamides is 1. The first-order valence-corrected chi connectivity index (χ1v) is 10.6. The van der Waals surface area contributed by atoms with Crippen molar-refractivity contribution in [2.75, 3.05) is 26.2 Å². The molecule has 0 spiro atoms. The smallest absolute Gasteiger partial charge is 0.298 e. The lowest BCUT2D eigenvalue weighted by Gasteiger charge is -2.22. The van der Waals surface area contributed by atoms with Crippen LogP contribution < -0.4 is 0 Å². The fraction of sp³-hybridized carbons (Fsp3) is 0.400. The van der Waals surface area contributed by atoms with E-state index in [-0.39, 0.29) is 4.90 Å². The maximum Gasteiger partial charge on any atom is 0.416 e. The number of benzene rings is 2. The third-order valence-corrected chi connectivity index (χ3v) is 6.93. The van der Waals surface area contributed by atoms with Gasteiger partial charge in [0.25, 0.3) is 0 Å². The van der Waals surface area contributed by atoms with Crippen LogP contribution in [0.3, 0.4) is 0 Å². The first kappa shape index (κ1) is 20.8. The van der Waals surface area contributed by atoms with Crippen molar-refractivity contribution in [1.29, 1.82) is 0 Å². The molecule has 0 unspecified atom stereocenters. The zero-order valence-corrected chi connectivity index (χ0v) is 16.4. The van der Waals surface area contributed by atoms with E-state index in [0.29, 0.717) is 26.1 Å². The Balaban J connectivity index is 1.69. The molecule has 2 aromatic rings. The second kappa shape index (κ2) is 8.23. The van der Waals surface area contributed by atoms with Gasteiger partial charge in [-0.1, -0.05) is 24.3 Å². The molecule has 1 saturated heterocycles. The summed E-state index contributed by atoms with van der Waals surface area (Å²) in [6, 6.07) is 11.8. The van der Waals surface area contributed by atoms with Crippen LogP contribution in [-0.4, -0.2) is 43.8 Å². The molecule has 28 heavy (non-hydrogen) atoms. The molecule has 0 amide bonds. The lowest BCUT2D eigenvalue weighted by Crippen LogP contribution is -2.35. The molecule has 0 atom stereocenters. The third kappa shape index (κ3) is 4.74. The predicted molar refractivity (Wildman–Crippen MR) is 101 cm³/mol. The van der Waals surface area contributed by atoms with Crippen LogP contribution >= 0.6 is 0 Å². The topological polar surface area (TPSA) is 40.6 Å². The van der Waals surface area contributed by atoms with Gasteiger partial charge in [0.1, 0.15) is 0 Å². The standard InChI is InChI=1S/C20H23F3N2O2S/c1-16-5-2-3-6-17(16)15-24-11-4-12-25(14-13-24)28(26,27)19-9-7-18(8-10-19)20(21,22)23/h2-3,5-10H,4,11-15H2,1H3. The van der Waals surface area contributed by atoms with Crippen LogP contribution in [0.5, 0.6) is 0 Å². The molecular weight excluding hydrogens is 389 g/mol. The van der Waals surface area contributed by atoms with E-state index in [1.807, 2.05) is 12.1 Å². The molecule has 1 heterocycles. The summed E-state index contributed by atoms with van der Waals surface area (Å²) in [7, 11) is -3.81. The van der Waals surface area contributed by atoms with Crippen molar-refractivity contribution in [2.24, 2.45) is 0 Å². The van der Waals surface area contributed by atoms with Crippen LogP contribution in [0.4, 0.5) is 13.2 Å². The summed E-state index contributed by atoms with van der Waals surface area (Å²) in [6.07, 6.45) is -3.81. The minimum absolute atomic E-state index is 0.104. The zero-order valence-electron chi connectivity index (χ0n) is 15.6. The van der Waals surface area contributed by atoms with Gasteiger partial charge in [-0.05, 0) is 55.3 Å². The molecule has 0 aliphatic carbocycles. The average Bonchev–Trinajstić information content (AvgIpc) is 2.89. The Morgan fingerprint density at radius 1 is 0.929 bits per heavy atom. The van der Waals surface area contributed by atoms with Crippen molar-refractivity contribution in [3.8, 4) is 0 Å². The Morgan fingerprint density at radius 2 is 1.61 bits per heavy atom. The van der Waals surface area contributed by atoms with Gasteiger partial charge in [-0.2, -0.15) is 17.5 Å². The van der Waals surface area contributed by atoms with E-state index in [0.717, 1.165) is 37.4 Å². The van der Waals surface area contributed by atoms with E-state index >= 15 is 0 Å². The summed E-state index contributed by atoms with van der Waals surface area (Å²) in [4.78, 5) is 2.11. The predicted octanol–water partition coefficient (Wildman–Crippen LogP) is 3.91. The van der Waals surface area contributed by atoms with Crippen LogP contribution in [0.2, 0.25) is 0 Å². The van der Waals surface area contributed by atoms with Crippen molar-refractivity contribution in [3.63, 3.8) is 0 Å². The first-order chi connectivity index (χ1) is 13.2. The van der Waals surface area contributed by atoms with Crippen LogP contribution in [0, 0.1) is 6.92 Å². The first-order valence-electron chi connectivity index (χ1n) is 9.12. The summed E-state index contributed by atoms with van der Waals surface area (Å²) in [5.41, 5.74) is 1.55. The molecule has 1 aliphatic heterocycles. The Morgan fingerprint density at radius 3 is 2.25 bits per heavy atom. The van der Waals surface area contributed by atoms with Crippen LogP contribution in [0.25, 0.3) is 0 Å². The van der Waals surface area contributed by atoms with Gasteiger partial charge < -0.3 is 0 Å². The van der Waals surface area contributed by atoms with E-state index in [1.165, 1.54) is 15.4 Å². The fourth-order valence-electron chi connectivity index (χ4n) is 3.34. The average molecular weight is 412 g/mol. The lowest BCUT2D eigenvalue weighted by atomic mass is 10.1. The molecule has 0 radical (unpaired) electrons. The number of nitrogens with zero attached hydrogens (tertiary/aromatic N) is 2. The number of aryl methyl sites for hydroxylation is 1. The third-order valence-electron chi connectivity index (χ3n) is 5.02. The molecule has 0 N–H and O–H groups in total. The molecule has 0 bridgehead atoms. The highest BCUT2D eigenvalue weighted by atomic mass is 32.2. The van der Waals surface area contributed by atoms with Gasteiger partial charge in [0.2, 0.25) is 10.0 Å². The SMILES string of the molecule is Cc1ccccc1CN1CCCN(S(=O)(=O)c2ccc(C(F)(F)F)cc2)CC1. The summed E-state index contributed by atoms with van der Waals surface area (Å²) in [5.74, 6) is 0. The highest BCUT2D eigenvalue weighted by molar-refractivity contribution is 7.89. The fourth-order valence-corrected chi connectivity index (χ4v) is 4.81. The number of hydrogen-bond acceptors (Lipinski definition) is 3. The Hall–Kier alpha value is -1.90. The van der Waals surface area contributed by atoms with Gasteiger partial charge in [0.15, 0.2) is 0 Å². The molecule has 0 aromatic heterocycles. The van der Waals surface area contributed by atoms with E-state index < -0.39 is 21.8 Å². The summed E-state index contributed by atoms with van der Waals surface area (Å²) < 4.78 is 65.2. The molecule has 1 aliphatic rings. The quantitative estimate of drug-likeness (QED) is 0.765. The van der Waals surface area contributed by atoms with E-state index in [1.54, 1.807) is 0 Å². The normalized spacial score (nSPS) is 17.4. The van der Waals surface area contributed by atoms with E-state index in [2.05, 4.69) is 24.0 Å². The number of hydrogen-bond donors (Lipinski definition) is 0. The monoisotopic (exact) mass is 412 g/mol. The van der Waals surface area contributed by atoms with Crippen molar-refractivity contribution in [2.45, 2.75) is 31.0 Å². The molecule has 2 aromatic carbocycles. The molecule has 4 nitrogen and oxygen atoms in total. The number of halogens is 3. The molecular formula is C20H23F3N2O2S. The van der Waals surface area contributed by atoms with Gasteiger partial charge in [0.05, 0.1) is 10.5 Å². The van der Waals surface area contributed by atoms with Crippen molar-refractivity contribution in [1.82, 2.24) is 9.21 Å². The van der Waals surface area contributed by atoms with Crippen LogP contribution in [-0.2, 0) is 22.7 Å².